The van der Waals surface area contributed by atoms with Gasteiger partial charge in [-0.05, 0) is 50.0 Å². The number of aromatic nitrogens is 2. The third kappa shape index (κ3) is 4.48. The van der Waals surface area contributed by atoms with Gasteiger partial charge in [0.05, 0.1) is 25.6 Å². The number of aryl methyl sites for hydroxylation is 1. The molecule has 0 atom stereocenters. The molecule has 1 aromatic heterocycles. The summed E-state index contributed by atoms with van der Waals surface area (Å²) in [4.78, 5) is 25.3. The highest BCUT2D eigenvalue weighted by Gasteiger charge is 2.20. The van der Waals surface area contributed by atoms with Gasteiger partial charge in [-0.25, -0.2) is 4.98 Å². The fraction of sp³-hybridized carbons (Fsp3) is 0.476. The SMILES string of the molecule is Cc1cc(CN2CCCC2)ccc1Oc1cncc(C(=O)N2CCOCC2)n1. The van der Waals surface area contributed by atoms with E-state index < -0.39 is 0 Å². The number of nitrogens with zero attached hydrogens (tertiary/aromatic N) is 4. The van der Waals surface area contributed by atoms with E-state index >= 15 is 0 Å². The molecule has 1 aromatic carbocycles. The molecular weight excluding hydrogens is 356 g/mol. The minimum absolute atomic E-state index is 0.140. The average molecular weight is 382 g/mol. The molecule has 1 amide bonds. The lowest BCUT2D eigenvalue weighted by atomic mass is 10.1. The van der Waals surface area contributed by atoms with E-state index in [1.165, 1.54) is 43.9 Å². The molecule has 2 aromatic rings. The Bertz CT molecular complexity index is 830. The maximum atomic E-state index is 12.6. The number of hydrogen-bond donors (Lipinski definition) is 0. The molecule has 2 aliphatic rings. The van der Waals surface area contributed by atoms with Gasteiger partial charge in [0.15, 0.2) is 5.69 Å². The molecule has 0 aliphatic carbocycles. The van der Waals surface area contributed by atoms with E-state index in [2.05, 4.69) is 27.0 Å². The second kappa shape index (κ2) is 8.67. The predicted octanol–water partition coefficient (Wildman–Crippen LogP) is 2.65. The van der Waals surface area contributed by atoms with Crippen LogP contribution in [0, 0.1) is 6.92 Å². The Morgan fingerprint density at radius 2 is 1.93 bits per heavy atom. The zero-order chi connectivity index (χ0) is 19.3. The second-order valence-electron chi connectivity index (χ2n) is 7.33. The van der Waals surface area contributed by atoms with Crippen LogP contribution in [0.2, 0.25) is 0 Å². The van der Waals surface area contributed by atoms with Gasteiger partial charge in [0, 0.05) is 19.6 Å². The summed E-state index contributed by atoms with van der Waals surface area (Å²) in [6, 6.07) is 6.22. The van der Waals surface area contributed by atoms with Gasteiger partial charge in [-0.1, -0.05) is 12.1 Å². The van der Waals surface area contributed by atoms with Crippen molar-refractivity contribution in [3.8, 4) is 11.6 Å². The first-order valence-corrected chi connectivity index (χ1v) is 9.88. The van der Waals surface area contributed by atoms with Gasteiger partial charge in [-0.3, -0.25) is 14.7 Å². The Kier molecular flexibility index (Phi) is 5.83. The molecule has 4 rings (SSSR count). The minimum atomic E-state index is -0.140. The number of benzene rings is 1. The first kappa shape index (κ1) is 18.8. The Balaban J connectivity index is 1.44. The van der Waals surface area contributed by atoms with Crippen molar-refractivity contribution < 1.29 is 14.3 Å². The molecule has 2 fully saturated rings. The monoisotopic (exact) mass is 382 g/mol. The first-order valence-electron chi connectivity index (χ1n) is 9.88. The number of morpholine rings is 1. The maximum absolute atomic E-state index is 12.6. The van der Waals surface area contributed by atoms with Crippen molar-refractivity contribution in [2.75, 3.05) is 39.4 Å². The largest absolute Gasteiger partial charge is 0.437 e. The van der Waals surface area contributed by atoms with Crippen molar-refractivity contribution in [1.82, 2.24) is 19.8 Å². The molecule has 3 heterocycles. The Labute approximate surface area is 165 Å². The molecule has 0 saturated carbocycles. The molecular formula is C21H26N4O3. The summed E-state index contributed by atoms with van der Waals surface area (Å²) < 4.78 is 11.2. The van der Waals surface area contributed by atoms with Gasteiger partial charge in [0.2, 0.25) is 5.88 Å². The average Bonchev–Trinajstić information content (AvgIpc) is 3.23. The standard InChI is InChI=1S/C21H26N4O3/c1-16-12-17(15-24-6-2-3-7-24)4-5-19(16)28-20-14-22-13-18(23-20)21(26)25-8-10-27-11-9-25/h4-5,12-14H,2-3,6-11,15H2,1H3. The van der Waals surface area contributed by atoms with E-state index in [4.69, 9.17) is 9.47 Å². The van der Waals surface area contributed by atoms with E-state index in [1.807, 2.05) is 13.0 Å². The van der Waals surface area contributed by atoms with Crippen molar-refractivity contribution >= 4 is 5.91 Å². The predicted molar refractivity (Wildman–Crippen MR) is 105 cm³/mol. The normalized spacial score (nSPS) is 17.7. The Hall–Kier alpha value is -2.51. The first-order chi connectivity index (χ1) is 13.7. The molecule has 0 spiro atoms. The molecule has 0 N–H and O–H groups in total. The fourth-order valence-electron chi connectivity index (χ4n) is 3.66. The smallest absolute Gasteiger partial charge is 0.274 e. The quantitative estimate of drug-likeness (QED) is 0.792. The second-order valence-corrected chi connectivity index (χ2v) is 7.33. The molecule has 2 aliphatic heterocycles. The molecule has 0 bridgehead atoms. The number of likely N-dealkylation sites (tertiary alicyclic amines) is 1. The maximum Gasteiger partial charge on any atom is 0.274 e. The lowest BCUT2D eigenvalue weighted by Gasteiger charge is -2.26. The van der Waals surface area contributed by atoms with Crippen molar-refractivity contribution in [3.05, 3.63) is 47.4 Å². The van der Waals surface area contributed by atoms with Gasteiger partial charge in [0.1, 0.15) is 5.75 Å². The fourth-order valence-corrected chi connectivity index (χ4v) is 3.66. The van der Waals surface area contributed by atoms with E-state index in [0.29, 0.717) is 37.9 Å². The number of ether oxygens (including phenoxy) is 2. The van der Waals surface area contributed by atoms with Crippen LogP contribution >= 0.6 is 0 Å². The summed E-state index contributed by atoms with van der Waals surface area (Å²) in [5.74, 6) is 0.920. The van der Waals surface area contributed by atoms with Crippen molar-refractivity contribution in [3.63, 3.8) is 0 Å². The van der Waals surface area contributed by atoms with Gasteiger partial charge in [-0.15, -0.1) is 0 Å². The van der Waals surface area contributed by atoms with Crippen LogP contribution < -0.4 is 4.74 Å². The van der Waals surface area contributed by atoms with Gasteiger partial charge in [0.25, 0.3) is 5.91 Å². The number of rotatable bonds is 5. The zero-order valence-corrected chi connectivity index (χ0v) is 16.3. The minimum Gasteiger partial charge on any atom is -0.437 e. The molecule has 148 valence electrons. The highest BCUT2D eigenvalue weighted by molar-refractivity contribution is 5.92. The van der Waals surface area contributed by atoms with Crippen LogP contribution in [-0.4, -0.2) is 65.1 Å². The van der Waals surface area contributed by atoms with Crippen LogP contribution in [0.15, 0.2) is 30.6 Å². The Morgan fingerprint density at radius 3 is 2.68 bits per heavy atom. The topological polar surface area (TPSA) is 67.8 Å². The lowest BCUT2D eigenvalue weighted by molar-refractivity contribution is 0.0298. The van der Waals surface area contributed by atoms with Gasteiger partial charge < -0.3 is 14.4 Å². The lowest BCUT2D eigenvalue weighted by Crippen LogP contribution is -2.41. The highest BCUT2D eigenvalue weighted by Crippen LogP contribution is 2.25. The van der Waals surface area contributed by atoms with E-state index in [-0.39, 0.29) is 5.91 Å². The van der Waals surface area contributed by atoms with E-state index in [9.17, 15) is 4.79 Å². The molecule has 0 radical (unpaired) electrons. The van der Waals surface area contributed by atoms with Crippen molar-refractivity contribution in [2.24, 2.45) is 0 Å². The third-order valence-electron chi connectivity index (χ3n) is 5.19. The number of amides is 1. The number of hydrogen-bond acceptors (Lipinski definition) is 6. The molecule has 0 unspecified atom stereocenters. The number of carbonyl (C=O) groups is 1. The summed E-state index contributed by atoms with van der Waals surface area (Å²) >= 11 is 0. The van der Waals surface area contributed by atoms with Crippen molar-refractivity contribution in [1.29, 1.82) is 0 Å². The molecule has 7 heteroatoms. The van der Waals surface area contributed by atoms with Crippen LogP contribution in [0.1, 0.15) is 34.5 Å². The summed E-state index contributed by atoms with van der Waals surface area (Å²) in [6.07, 6.45) is 5.60. The van der Waals surface area contributed by atoms with Gasteiger partial charge >= 0.3 is 0 Å². The van der Waals surface area contributed by atoms with Crippen molar-refractivity contribution in [2.45, 2.75) is 26.3 Å². The zero-order valence-electron chi connectivity index (χ0n) is 16.3. The number of carbonyl (C=O) groups excluding carboxylic acids is 1. The van der Waals surface area contributed by atoms with Crippen LogP contribution in [0.4, 0.5) is 0 Å². The summed E-state index contributed by atoms with van der Waals surface area (Å²) in [5.41, 5.74) is 2.63. The summed E-state index contributed by atoms with van der Waals surface area (Å²) in [7, 11) is 0. The van der Waals surface area contributed by atoms with Gasteiger partial charge in [-0.2, -0.15) is 0 Å². The van der Waals surface area contributed by atoms with Crippen LogP contribution in [-0.2, 0) is 11.3 Å². The third-order valence-corrected chi connectivity index (χ3v) is 5.19. The Morgan fingerprint density at radius 1 is 1.14 bits per heavy atom. The molecule has 28 heavy (non-hydrogen) atoms. The van der Waals surface area contributed by atoms with Crippen LogP contribution in [0.3, 0.4) is 0 Å². The summed E-state index contributed by atoms with van der Waals surface area (Å²) in [6.45, 7) is 7.61. The van der Waals surface area contributed by atoms with E-state index in [1.54, 1.807) is 4.90 Å². The van der Waals surface area contributed by atoms with E-state index in [0.717, 1.165) is 17.9 Å². The molecule has 7 nitrogen and oxygen atoms in total. The van der Waals surface area contributed by atoms with Crippen LogP contribution in [0.5, 0.6) is 11.6 Å². The molecule has 2 saturated heterocycles. The highest BCUT2D eigenvalue weighted by atomic mass is 16.5. The van der Waals surface area contributed by atoms with Crippen LogP contribution in [0.25, 0.3) is 0 Å². The summed E-state index contributed by atoms with van der Waals surface area (Å²) in [5, 5.41) is 0.